The quantitative estimate of drug-likeness (QED) is 0.823. The number of carbonyl (C=O) groups excluding carboxylic acids is 1. The minimum atomic E-state index is -0.698. The number of rotatable bonds is 3. The minimum Gasteiger partial charge on any atom is -0.508 e. The summed E-state index contributed by atoms with van der Waals surface area (Å²) in [5.74, 6) is -0.751. The van der Waals surface area contributed by atoms with Crippen LogP contribution in [0.4, 0.5) is 4.39 Å². The zero-order valence-corrected chi connectivity index (χ0v) is 13.0. The molecule has 1 aromatic rings. The molecule has 1 aliphatic carbocycles. The normalized spacial score (nSPS) is 26.2. The molecule has 2 unspecified atom stereocenters. The van der Waals surface area contributed by atoms with Crippen LogP contribution in [0.3, 0.4) is 0 Å². The van der Waals surface area contributed by atoms with Gasteiger partial charge in [-0.05, 0) is 30.9 Å². The highest BCUT2D eigenvalue weighted by atomic mass is 79.9. The SMILES string of the molecule is CC1CCCC(CBr)(NC(=O)c2ccc(O)cc2F)C1. The average molecular weight is 344 g/mol. The number of amides is 1. The van der Waals surface area contributed by atoms with E-state index in [2.05, 4.69) is 28.2 Å². The van der Waals surface area contributed by atoms with E-state index in [1.54, 1.807) is 0 Å². The number of aromatic hydroxyl groups is 1. The van der Waals surface area contributed by atoms with Crippen LogP contribution >= 0.6 is 15.9 Å². The molecule has 0 bridgehead atoms. The van der Waals surface area contributed by atoms with Gasteiger partial charge in [0.2, 0.25) is 0 Å². The lowest BCUT2D eigenvalue weighted by molar-refractivity contribution is 0.0865. The third-order valence-corrected chi connectivity index (χ3v) is 5.00. The van der Waals surface area contributed by atoms with Gasteiger partial charge in [-0.2, -0.15) is 0 Å². The van der Waals surface area contributed by atoms with Crippen molar-refractivity contribution in [1.82, 2.24) is 5.32 Å². The molecule has 0 radical (unpaired) electrons. The molecule has 2 rings (SSSR count). The third kappa shape index (κ3) is 3.32. The molecule has 2 atom stereocenters. The van der Waals surface area contributed by atoms with Gasteiger partial charge in [0, 0.05) is 11.4 Å². The summed E-state index contributed by atoms with van der Waals surface area (Å²) in [5, 5.41) is 12.8. The first-order valence-corrected chi connectivity index (χ1v) is 7.95. The number of phenols is 1. The zero-order valence-electron chi connectivity index (χ0n) is 11.5. The first-order chi connectivity index (χ1) is 9.46. The van der Waals surface area contributed by atoms with Crippen LogP contribution in [0.2, 0.25) is 0 Å². The molecule has 0 aliphatic heterocycles. The Kier molecular flexibility index (Phi) is 4.68. The molecule has 2 N–H and O–H groups in total. The molecule has 20 heavy (non-hydrogen) atoms. The number of halogens is 2. The van der Waals surface area contributed by atoms with E-state index in [4.69, 9.17) is 0 Å². The second kappa shape index (κ2) is 6.12. The third-order valence-electron chi connectivity index (χ3n) is 3.92. The van der Waals surface area contributed by atoms with Gasteiger partial charge in [0.05, 0.1) is 11.1 Å². The van der Waals surface area contributed by atoms with Gasteiger partial charge in [-0.15, -0.1) is 0 Å². The van der Waals surface area contributed by atoms with Gasteiger partial charge in [0.25, 0.3) is 5.91 Å². The number of phenolic OH excluding ortho intramolecular Hbond substituents is 1. The van der Waals surface area contributed by atoms with Crippen LogP contribution in [-0.4, -0.2) is 21.9 Å². The van der Waals surface area contributed by atoms with Gasteiger partial charge >= 0.3 is 0 Å². The van der Waals surface area contributed by atoms with E-state index in [9.17, 15) is 14.3 Å². The first kappa shape index (κ1) is 15.3. The Morgan fingerprint density at radius 2 is 2.35 bits per heavy atom. The summed E-state index contributed by atoms with van der Waals surface area (Å²) >= 11 is 3.48. The van der Waals surface area contributed by atoms with Crippen LogP contribution in [0, 0.1) is 11.7 Å². The van der Waals surface area contributed by atoms with Gasteiger partial charge in [-0.1, -0.05) is 35.7 Å². The van der Waals surface area contributed by atoms with E-state index in [1.807, 2.05) is 0 Å². The number of hydrogen-bond acceptors (Lipinski definition) is 2. The van der Waals surface area contributed by atoms with Crippen LogP contribution in [0.15, 0.2) is 18.2 Å². The van der Waals surface area contributed by atoms with Crippen molar-refractivity contribution >= 4 is 21.8 Å². The molecule has 0 spiro atoms. The van der Waals surface area contributed by atoms with Crippen LogP contribution in [0.5, 0.6) is 5.75 Å². The van der Waals surface area contributed by atoms with E-state index in [1.165, 1.54) is 12.1 Å². The number of nitrogens with one attached hydrogen (secondary N) is 1. The fourth-order valence-corrected chi connectivity index (χ4v) is 3.57. The zero-order chi connectivity index (χ0) is 14.8. The predicted octanol–water partition coefficient (Wildman–Crippen LogP) is 3.60. The summed E-state index contributed by atoms with van der Waals surface area (Å²) < 4.78 is 13.7. The largest absolute Gasteiger partial charge is 0.508 e. The fourth-order valence-electron chi connectivity index (χ4n) is 2.92. The van der Waals surface area contributed by atoms with Crippen LogP contribution in [-0.2, 0) is 0 Å². The minimum absolute atomic E-state index is 0.0265. The average Bonchev–Trinajstić information content (AvgIpc) is 2.38. The Bertz CT molecular complexity index is 509. The standard InChI is InChI=1S/C15H19BrFNO2/c1-10-3-2-6-15(8-10,9-16)18-14(20)12-5-4-11(19)7-13(12)17/h4-5,7,10,19H,2-3,6,8-9H2,1H3,(H,18,20). The number of carbonyl (C=O) groups is 1. The van der Waals surface area contributed by atoms with Gasteiger partial charge in [0.1, 0.15) is 11.6 Å². The summed E-state index contributed by atoms with van der Waals surface area (Å²) in [6, 6.07) is 3.59. The molecular weight excluding hydrogens is 325 g/mol. The predicted molar refractivity (Wildman–Crippen MR) is 79.7 cm³/mol. The molecule has 1 aromatic carbocycles. The summed E-state index contributed by atoms with van der Waals surface area (Å²) in [5.41, 5.74) is -0.333. The number of alkyl halides is 1. The maximum absolute atomic E-state index is 13.7. The monoisotopic (exact) mass is 343 g/mol. The molecule has 110 valence electrons. The second-order valence-electron chi connectivity index (χ2n) is 5.73. The number of hydrogen-bond donors (Lipinski definition) is 2. The lowest BCUT2D eigenvalue weighted by Gasteiger charge is -2.39. The van der Waals surface area contributed by atoms with Crippen LogP contribution < -0.4 is 5.32 Å². The van der Waals surface area contributed by atoms with E-state index >= 15 is 0 Å². The van der Waals surface area contributed by atoms with Crippen molar-refractivity contribution in [2.45, 2.75) is 38.1 Å². The summed E-state index contributed by atoms with van der Waals surface area (Å²) in [7, 11) is 0. The van der Waals surface area contributed by atoms with Crippen LogP contribution in [0.25, 0.3) is 0 Å². The Morgan fingerprint density at radius 3 is 2.95 bits per heavy atom. The van der Waals surface area contributed by atoms with Crippen molar-refractivity contribution in [1.29, 1.82) is 0 Å². The van der Waals surface area contributed by atoms with Crippen molar-refractivity contribution in [3.8, 4) is 5.75 Å². The number of benzene rings is 1. The van der Waals surface area contributed by atoms with Crippen molar-refractivity contribution in [3.05, 3.63) is 29.6 Å². The van der Waals surface area contributed by atoms with E-state index in [-0.39, 0.29) is 16.9 Å². The molecule has 0 saturated heterocycles. The lowest BCUT2D eigenvalue weighted by Crippen LogP contribution is -2.52. The molecule has 5 heteroatoms. The molecular formula is C15H19BrFNO2. The second-order valence-corrected chi connectivity index (χ2v) is 6.29. The highest BCUT2D eigenvalue weighted by Gasteiger charge is 2.35. The highest BCUT2D eigenvalue weighted by Crippen LogP contribution is 2.34. The first-order valence-electron chi connectivity index (χ1n) is 6.83. The lowest BCUT2D eigenvalue weighted by atomic mass is 9.77. The van der Waals surface area contributed by atoms with Gasteiger partial charge in [-0.3, -0.25) is 4.79 Å². The molecule has 1 aliphatic rings. The van der Waals surface area contributed by atoms with Crippen LogP contribution in [0.1, 0.15) is 43.0 Å². The molecule has 1 amide bonds. The van der Waals surface area contributed by atoms with E-state index in [0.29, 0.717) is 11.2 Å². The molecule has 0 heterocycles. The van der Waals surface area contributed by atoms with Gasteiger partial charge in [-0.25, -0.2) is 4.39 Å². The smallest absolute Gasteiger partial charge is 0.254 e. The fraction of sp³-hybridized carbons (Fsp3) is 0.533. The molecule has 3 nitrogen and oxygen atoms in total. The Balaban J connectivity index is 2.16. The van der Waals surface area contributed by atoms with Crippen molar-refractivity contribution in [2.75, 3.05) is 5.33 Å². The van der Waals surface area contributed by atoms with Crippen molar-refractivity contribution in [3.63, 3.8) is 0 Å². The molecule has 0 aromatic heterocycles. The Labute approximate surface area is 126 Å². The van der Waals surface area contributed by atoms with E-state index in [0.717, 1.165) is 31.7 Å². The molecule has 1 saturated carbocycles. The Morgan fingerprint density at radius 1 is 1.60 bits per heavy atom. The maximum atomic E-state index is 13.7. The summed E-state index contributed by atoms with van der Waals surface area (Å²) in [4.78, 5) is 12.3. The highest BCUT2D eigenvalue weighted by molar-refractivity contribution is 9.09. The molecule has 1 fully saturated rings. The van der Waals surface area contributed by atoms with Crippen molar-refractivity contribution in [2.24, 2.45) is 5.92 Å². The van der Waals surface area contributed by atoms with Gasteiger partial charge in [0.15, 0.2) is 0 Å². The maximum Gasteiger partial charge on any atom is 0.254 e. The summed E-state index contributed by atoms with van der Waals surface area (Å²) in [6.45, 7) is 2.17. The topological polar surface area (TPSA) is 49.3 Å². The Hall–Kier alpha value is -1.10. The van der Waals surface area contributed by atoms with Gasteiger partial charge < -0.3 is 10.4 Å². The summed E-state index contributed by atoms with van der Waals surface area (Å²) in [6.07, 6.45) is 4.01. The van der Waals surface area contributed by atoms with E-state index < -0.39 is 11.7 Å². The van der Waals surface area contributed by atoms with Crippen molar-refractivity contribution < 1.29 is 14.3 Å².